The van der Waals surface area contributed by atoms with Crippen LogP contribution < -0.4 is 4.80 Å². The number of fused-ring (bicyclic) bond motifs is 1. The lowest BCUT2D eigenvalue weighted by Crippen LogP contribution is -2.12. The lowest BCUT2D eigenvalue weighted by Gasteiger charge is -2.01. The van der Waals surface area contributed by atoms with Gasteiger partial charge in [-0.15, -0.1) is 22.7 Å². The Kier molecular flexibility index (Phi) is 4.69. The minimum Gasteiger partial charge on any atom is -0.361 e. The third kappa shape index (κ3) is 3.34. The molecule has 3 heterocycles. The Labute approximate surface area is 159 Å². The van der Waals surface area contributed by atoms with E-state index in [0.717, 1.165) is 32.5 Å². The van der Waals surface area contributed by atoms with Gasteiger partial charge in [-0.2, -0.15) is 5.10 Å². The second-order valence-corrected chi connectivity index (χ2v) is 7.78. The fourth-order valence-electron chi connectivity index (χ4n) is 2.64. The van der Waals surface area contributed by atoms with Crippen molar-refractivity contribution in [1.82, 2.24) is 9.66 Å². The van der Waals surface area contributed by atoms with Crippen molar-refractivity contribution in [3.05, 3.63) is 75.9 Å². The first-order valence-electron chi connectivity index (χ1n) is 8.22. The third-order valence-corrected chi connectivity index (χ3v) is 5.62. The van der Waals surface area contributed by atoms with Crippen LogP contribution in [0, 0.1) is 0 Å². The molecule has 0 aliphatic rings. The molecule has 4 aromatic rings. The molecule has 0 atom stereocenters. The predicted octanol–water partition coefficient (Wildman–Crippen LogP) is 5.12. The van der Waals surface area contributed by atoms with E-state index in [9.17, 15) is 0 Å². The van der Waals surface area contributed by atoms with Crippen molar-refractivity contribution in [1.29, 1.82) is 0 Å². The average Bonchev–Trinajstić information content (AvgIpc) is 3.37. The lowest BCUT2D eigenvalue weighted by molar-refractivity contribution is 0.838. The number of hydrogen-bond acceptors (Lipinski definition) is 4. The van der Waals surface area contributed by atoms with E-state index in [0.29, 0.717) is 6.54 Å². The van der Waals surface area contributed by atoms with Crippen LogP contribution in [0.15, 0.2) is 75.6 Å². The number of thiazole rings is 1. The second kappa shape index (κ2) is 7.27. The van der Waals surface area contributed by atoms with Crippen LogP contribution in [-0.4, -0.2) is 22.4 Å². The van der Waals surface area contributed by atoms with E-state index in [2.05, 4.69) is 51.6 Å². The molecule has 0 aliphatic carbocycles. The zero-order valence-electron chi connectivity index (χ0n) is 14.3. The van der Waals surface area contributed by atoms with Crippen molar-refractivity contribution in [3.8, 4) is 10.6 Å². The van der Waals surface area contributed by atoms with E-state index >= 15 is 0 Å². The van der Waals surface area contributed by atoms with Crippen molar-refractivity contribution in [2.45, 2.75) is 6.92 Å². The van der Waals surface area contributed by atoms with E-state index in [1.54, 1.807) is 22.7 Å². The number of hydrogen-bond donors (Lipinski definition) is 1. The quantitative estimate of drug-likeness (QED) is 0.370. The Balaban J connectivity index is 1.80. The summed E-state index contributed by atoms with van der Waals surface area (Å²) in [6, 6.07) is 12.4. The summed E-state index contributed by atoms with van der Waals surface area (Å²) in [6.45, 7) is 6.53. The van der Waals surface area contributed by atoms with E-state index in [1.807, 2.05) is 36.1 Å². The molecule has 0 unspecified atom stereocenters. The number of H-pyrrole nitrogens is 1. The van der Waals surface area contributed by atoms with Gasteiger partial charge in [-0.1, -0.05) is 36.4 Å². The average molecular weight is 379 g/mol. The molecule has 1 N–H and O–H groups in total. The first kappa shape index (κ1) is 16.8. The molecule has 0 saturated heterocycles. The number of rotatable bonds is 5. The maximum atomic E-state index is 4.76. The topological polar surface area (TPSA) is 45.4 Å². The molecule has 4 rings (SSSR count). The number of aromatic nitrogens is 2. The van der Waals surface area contributed by atoms with Crippen LogP contribution in [0.5, 0.6) is 0 Å². The van der Waals surface area contributed by atoms with Gasteiger partial charge < -0.3 is 4.98 Å². The number of aromatic amines is 1. The minimum atomic E-state index is 0.604. The van der Waals surface area contributed by atoms with Crippen LogP contribution in [0.1, 0.15) is 12.5 Å². The summed E-state index contributed by atoms with van der Waals surface area (Å²) < 4.78 is 1.92. The first-order valence-corrected chi connectivity index (χ1v) is 9.98. The second-order valence-electron chi connectivity index (χ2n) is 6.00. The van der Waals surface area contributed by atoms with E-state index in [1.165, 1.54) is 4.88 Å². The van der Waals surface area contributed by atoms with Crippen molar-refractivity contribution < 1.29 is 0 Å². The van der Waals surface area contributed by atoms with Gasteiger partial charge >= 0.3 is 0 Å². The smallest absolute Gasteiger partial charge is 0.206 e. The highest BCUT2D eigenvalue weighted by atomic mass is 32.1. The number of nitrogens with zero attached hydrogens (tertiary/aromatic N) is 3. The number of para-hydroxylation sites is 1. The molecule has 4 nitrogen and oxygen atoms in total. The molecule has 0 aliphatic heterocycles. The van der Waals surface area contributed by atoms with Gasteiger partial charge in [-0.25, -0.2) is 4.68 Å². The maximum Gasteiger partial charge on any atom is 0.206 e. The summed E-state index contributed by atoms with van der Waals surface area (Å²) in [5.74, 6) is 0. The van der Waals surface area contributed by atoms with Crippen LogP contribution in [0.25, 0.3) is 21.5 Å². The van der Waals surface area contributed by atoms with Gasteiger partial charge in [0.25, 0.3) is 0 Å². The lowest BCUT2D eigenvalue weighted by atomic mass is 10.2. The van der Waals surface area contributed by atoms with Crippen molar-refractivity contribution >= 4 is 39.8 Å². The summed E-state index contributed by atoms with van der Waals surface area (Å²) in [5, 5.41) is 10.1. The fourth-order valence-corrected chi connectivity index (χ4v) is 4.27. The molecule has 0 amide bonds. The Morgan fingerprint density at radius 3 is 2.92 bits per heavy atom. The third-order valence-electron chi connectivity index (χ3n) is 3.88. The Morgan fingerprint density at radius 1 is 1.23 bits per heavy atom. The van der Waals surface area contributed by atoms with Gasteiger partial charge in [0.1, 0.15) is 0 Å². The van der Waals surface area contributed by atoms with Crippen LogP contribution in [-0.2, 0) is 0 Å². The number of thiophene rings is 1. The van der Waals surface area contributed by atoms with Crippen molar-refractivity contribution in [2.75, 3.05) is 6.54 Å². The van der Waals surface area contributed by atoms with Gasteiger partial charge in [0, 0.05) is 28.0 Å². The van der Waals surface area contributed by atoms with Gasteiger partial charge in [-0.05, 0) is 24.4 Å². The first-order chi connectivity index (χ1) is 12.7. The van der Waals surface area contributed by atoms with E-state index in [4.69, 9.17) is 5.10 Å². The molecule has 0 bridgehead atoms. The van der Waals surface area contributed by atoms with Gasteiger partial charge in [-0.3, -0.25) is 4.99 Å². The molecule has 3 aromatic heterocycles. The minimum absolute atomic E-state index is 0.604. The highest BCUT2D eigenvalue weighted by Crippen LogP contribution is 2.25. The summed E-state index contributed by atoms with van der Waals surface area (Å²) in [4.78, 5) is 9.99. The van der Waals surface area contributed by atoms with Crippen molar-refractivity contribution in [2.24, 2.45) is 10.1 Å². The van der Waals surface area contributed by atoms with E-state index in [-0.39, 0.29) is 0 Å². The zero-order valence-corrected chi connectivity index (χ0v) is 16.0. The molecule has 0 radical (unpaired) electrons. The SMILES string of the molecule is C=C(C)CN=c1scc(-c2cccs2)n1N=Cc1c[nH]c2ccccc12. The number of benzene rings is 1. The Bertz CT molecular complexity index is 1140. The Hall–Kier alpha value is -2.70. The Morgan fingerprint density at radius 2 is 2.12 bits per heavy atom. The van der Waals surface area contributed by atoms with Gasteiger partial charge in [0.05, 0.1) is 23.3 Å². The monoisotopic (exact) mass is 378 g/mol. The van der Waals surface area contributed by atoms with Gasteiger partial charge in [0.15, 0.2) is 0 Å². The normalized spacial score (nSPS) is 12.4. The van der Waals surface area contributed by atoms with Crippen molar-refractivity contribution in [3.63, 3.8) is 0 Å². The largest absolute Gasteiger partial charge is 0.361 e. The maximum absolute atomic E-state index is 4.76. The van der Waals surface area contributed by atoms with E-state index < -0.39 is 0 Å². The molecule has 0 fully saturated rings. The fraction of sp³-hybridized carbons (Fsp3) is 0.100. The van der Waals surface area contributed by atoms with Crippen LogP contribution in [0.3, 0.4) is 0 Å². The number of nitrogens with one attached hydrogen (secondary N) is 1. The molecule has 0 spiro atoms. The van der Waals surface area contributed by atoms with Gasteiger partial charge in [0.2, 0.25) is 4.80 Å². The molecular weight excluding hydrogens is 360 g/mol. The molecular formula is C20H18N4S2. The standard InChI is InChI=1S/C20H18N4S2/c1-14(2)10-22-20-24(18(13-26-20)19-8-5-9-25-19)23-12-15-11-21-17-7-4-3-6-16(15)17/h3-9,11-13,21H,1,10H2,2H3. The summed E-state index contributed by atoms with van der Waals surface area (Å²) in [6.07, 6.45) is 3.87. The highest BCUT2D eigenvalue weighted by Gasteiger charge is 2.08. The molecule has 0 saturated carbocycles. The summed E-state index contributed by atoms with van der Waals surface area (Å²) >= 11 is 3.30. The van der Waals surface area contributed by atoms with Crippen LogP contribution >= 0.6 is 22.7 Å². The molecule has 1 aromatic carbocycles. The molecule has 130 valence electrons. The summed E-state index contributed by atoms with van der Waals surface area (Å²) in [7, 11) is 0. The highest BCUT2D eigenvalue weighted by molar-refractivity contribution is 7.14. The van der Waals surface area contributed by atoms with Crippen LogP contribution in [0.2, 0.25) is 0 Å². The molecule has 26 heavy (non-hydrogen) atoms. The van der Waals surface area contributed by atoms with Crippen LogP contribution in [0.4, 0.5) is 0 Å². The summed E-state index contributed by atoms with van der Waals surface area (Å²) in [5.41, 5.74) is 4.25. The predicted molar refractivity (Wildman–Crippen MR) is 112 cm³/mol. The zero-order chi connectivity index (χ0) is 17.9. The molecule has 6 heteroatoms.